The summed E-state index contributed by atoms with van der Waals surface area (Å²) in [4.78, 5) is 11.4. The van der Waals surface area contributed by atoms with Crippen molar-refractivity contribution in [2.24, 2.45) is 17.6 Å². The normalized spacial score (nSPS) is 15.5. The molecule has 2 atom stereocenters. The van der Waals surface area contributed by atoms with Gasteiger partial charge in [0, 0.05) is 18.5 Å². The summed E-state index contributed by atoms with van der Waals surface area (Å²) >= 11 is 0. The summed E-state index contributed by atoms with van der Waals surface area (Å²) in [6.45, 7) is 8.75. The number of carbonyl (C=O) groups is 1. The largest absolute Gasteiger partial charge is 0.356 e. The van der Waals surface area contributed by atoms with E-state index in [4.69, 9.17) is 5.73 Å². The molecule has 78 valence electrons. The number of nitrogens with two attached hydrogens (primary N) is 1. The molecule has 0 aromatic heterocycles. The molecule has 0 bridgehead atoms. The van der Waals surface area contributed by atoms with Gasteiger partial charge < -0.3 is 11.1 Å². The van der Waals surface area contributed by atoms with E-state index in [-0.39, 0.29) is 17.9 Å². The second-order valence-electron chi connectivity index (χ2n) is 4.12. The quantitative estimate of drug-likeness (QED) is 0.676. The molecule has 0 saturated carbocycles. The van der Waals surface area contributed by atoms with Crippen LogP contribution in [0.5, 0.6) is 0 Å². The van der Waals surface area contributed by atoms with Gasteiger partial charge in [-0.1, -0.05) is 20.8 Å². The Labute approximate surface area is 81.1 Å². The van der Waals surface area contributed by atoms with Gasteiger partial charge in [-0.05, 0) is 19.3 Å². The predicted octanol–water partition coefficient (Wildman–Crippen LogP) is 1.13. The Kier molecular flexibility index (Phi) is 5.71. The van der Waals surface area contributed by atoms with Gasteiger partial charge in [0.15, 0.2) is 0 Å². The Morgan fingerprint density at radius 3 is 2.23 bits per heavy atom. The molecule has 0 fully saturated rings. The lowest BCUT2D eigenvalue weighted by Gasteiger charge is -2.15. The van der Waals surface area contributed by atoms with Gasteiger partial charge in [-0.3, -0.25) is 4.79 Å². The molecule has 0 aliphatic carbocycles. The van der Waals surface area contributed by atoms with E-state index >= 15 is 0 Å². The maximum Gasteiger partial charge on any atom is 0.224 e. The molecule has 1 amide bonds. The fraction of sp³-hybridized carbons (Fsp3) is 0.900. The van der Waals surface area contributed by atoms with Crippen molar-refractivity contribution < 1.29 is 4.79 Å². The van der Waals surface area contributed by atoms with E-state index in [0.29, 0.717) is 5.92 Å². The third-order valence-corrected chi connectivity index (χ3v) is 2.22. The average Bonchev–Trinajstić information content (AvgIpc) is 2.02. The molecule has 0 heterocycles. The Balaban J connectivity index is 3.62. The molecule has 0 saturated heterocycles. The highest BCUT2D eigenvalue weighted by Crippen LogP contribution is 2.01. The Hall–Kier alpha value is -0.570. The minimum Gasteiger partial charge on any atom is -0.356 e. The Morgan fingerprint density at radius 2 is 1.85 bits per heavy atom. The Bertz CT molecular complexity index is 155. The van der Waals surface area contributed by atoms with Crippen molar-refractivity contribution in [3.63, 3.8) is 0 Å². The predicted molar refractivity (Wildman–Crippen MR) is 55.3 cm³/mol. The van der Waals surface area contributed by atoms with Gasteiger partial charge in [0.2, 0.25) is 5.91 Å². The third kappa shape index (κ3) is 5.64. The maximum atomic E-state index is 11.4. The van der Waals surface area contributed by atoms with Crippen molar-refractivity contribution >= 4 is 5.91 Å². The molecule has 13 heavy (non-hydrogen) atoms. The number of hydrogen-bond acceptors (Lipinski definition) is 2. The van der Waals surface area contributed by atoms with Crippen molar-refractivity contribution in [2.75, 3.05) is 6.54 Å². The second kappa shape index (κ2) is 5.97. The summed E-state index contributed by atoms with van der Waals surface area (Å²) < 4.78 is 0. The first-order valence-electron chi connectivity index (χ1n) is 4.98. The van der Waals surface area contributed by atoms with Crippen molar-refractivity contribution in [3.05, 3.63) is 0 Å². The minimum absolute atomic E-state index is 0.0654. The van der Waals surface area contributed by atoms with Crippen LogP contribution in [0.1, 0.15) is 34.1 Å². The van der Waals surface area contributed by atoms with Gasteiger partial charge in [0.1, 0.15) is 0 Å². The molecule has 0 aromatic carbocycles. The lowest BCUT2D eigenvalue weighted by atomic mass is 10.0. The molecule has 0 aliphatic heterocycles. The first-order chi connectivity index (χ1) is 5.95. The lowest BCUT2D eigenvalue weighted by Crippen LogP contribution is -2.39. The van der Waals surface area contributed by atoms with Crippen LogP contribution in [0.4, 0.5) is 0 Å². The van der Waals surface area contributed by atoms with Crippen molar-refractivity contribution in [3.8, 4) is 0 Å². The molecule has 0 aromatic rings. The fourth-order valence-electron chi connectivity index (χ4n) is 0.884. The maximum absolute atomic E-state index is 11.4. The van der Waals surface area contributed by atoms with Gasteiger partial charge >= 0.3 is 0 Å². The van der Waals surface area contributed by atoms with E-state index in [0.717, 1.165) is 13.0 Å². The third-order valence-electron chi connectivity index (χ3n) is 2.22. The van der Waals surface area contributed by atoms with Crippen LogP contribution in [0.2, 0.25) is 0 Å². The number of nitrogens with one attached hydrogen (secondary N) is 1. The molecule has 3 heteroatoms. The standard InChI is InChI=1S/C10H22N2O/c1-7(2)5-6-12-10(13)8(3)9(4)11/h7-9H,5-6,11H2,1-4H3,(H,12,13). The molecular weight excluding hydrogens is 164 g/mol. The highest BCUT2D eigenvalue weighted by atomic mass is 16.1. The van der Waals surface area contributed by atoms with E-state index in [2.05, 4.69) is 19.2 Å². The van der Waals surface area contributed by atoms with Crippen LogP contribution < -0.4 is 11.1 Å². The summed E-state index contributed by atoms with van der Waals surface area (Å²) in [6, 6.07) is -0.0703. The van der Waals surface area contributed by atoms with Crippen molar-refractivity contribution in [1.29, 1.82) is 0 Å². The van der Waals surface area contributed by atoms with Gasteiger partial charge in [-0.25, -0.2) is 0 Å². The van der Waals surface area contributed by atoms with E-state index in [1.807, 2.05) is 13.8 Å². The SMILES string of the molecule is CC(C)CCNC(=O)C(C)C(C)N. The fourth-order valence-corrected chi connectivity index (χ4v) is 0.884. The molecule has 0 spiro atoms. The zero-order valence-corrected chi connectivity index (χ0v) is 9.13. The van der Waals surface area contributed by atoms with Crippen molar-refractivity contribution in [2.45, 2.75) is 40.2 Å². The highest BCUT2D eigenvalue weighted by molar-refractivity contribution is 5.78. The zero-order valence-electron chi connectivity index (χ0n) is 9.13. The van der Waals surface area contributed by atoms with Gasteiger partial charge in [0.05, 0.1) is 0 Å². The molecule has 0 aliphatic rings. The molecule has 0 rings (SSSR count). The number of hydrogen-bond donors (Lipinski definition) is 2. The topological polar surface area (TPSA) is 55.1 Å². The van der Waals surface area contributed by atoms with Crippen molar-refractivity contribution in [1.82, 2.24) is 5.32 Å². The number of amides is 1. The minimum atomic E-state index is -0.0906. The summed E-state index contributed by atoms with van der Waals surface area (Å²) in [6.07, 6.45) is 1.03. The molecule has 3 N–H and O–H groups in total. The first-order valence-corrected chi connectivity index (χ1v) is 4.98. The van der Waals surface area contributed by atoms with E-state index in [1.54, 1.807) is 0 Å². The van der Waals surface area contributed by atoms with Gasteiger partial charge in [0.25, 0.3) is 0 Å². The molecule has 0 radical (unpaired) electrons. The lowest BCUT2D eigenvalue weighted by molar-refractivity contribution is -0.124. The number of rotatable bonds is 5. The molecule has 3 nitrogen and oxygen atoms in total. The monoisotopic (exact) mass is 186 g/mol. The first kappa shape index (κ1) is 12.4. The van der Waals surface area contributed by atoms with Crippen LogP contribution in [0, 0.1) is 11.8 Å². The van der Waals surface area contributed by atoms with Crippen LogP contribution in [0.25, 0.3) is 0 Å². The number of carbonyl (C=O) groups excluding carboxylic acids is 1. The second-order valence-corrected chi connectivity index (χ2v) is 4.12. The summed E-state index contributed by atoms with van der Waals surface area (Å²) in [5.41, 5.74) is 5.61. The van der Waals surface area contributed by atoms with Gasteiger partial charge in [-0.2, -0.15) is 0 Å². The summed E-state index contributed by atoms with van der Waals surface area (Å²) in [5, 5.41) is 2.88. The van der Waals surface area contributed by atoms with Crippen LogP contribution in [0.15, 0.2) is 0 Å². The van der Waals surface area contributed by atoms with E-state index in [1.165, 1.54) is 0 Å². The van der Waals surface area contributed by atoms with Crippen LogP contribution in [-0.2, 0) is 4.79 Å². The van der Waals surface area contributed by atoms with Crippen LogP contribution in [0.3, 0.4) is 0 Å². The Morgan fingerprint density at radius 1 is 1.31 bits per heavy atom. The summed E-state index contributed by atoms with van der Waals surface area (Å²) in [7, 11) is 0. The van der Waals surface area contributed by atoms with Gasteiger partial charge in [-0.15, -0.1) is 0 Å². The van der Waals surface area contributed by atoms with E-state index in [9.17, 15) is 4.79 Å². The average molecular weight is 186 g/mol. The molecule has 2 unspecified atom stereocenters. The smallest absolute Gasteiger partial charge is 0.224 e. The van der Waals surface area contributed by atoms with Crippen LogP contribution >= 0.6 is 0 Å². The highest BCUT2D eigenvalue weighted by Gasteiger charge is 2.15. The van der Waals surface area contributed by atoms with E-state index < -0.39 is 0 Å². The molecular formula is C10H22N2O. The zero-order chi connectivity index (χ0) is 10.4. The summed E-state index contributed by atoms with van der Waals surface area (Å²) in [5.74, 6) is 0.605. The van der Waals surface area contributed by atoms with Crippen LogP contribution in [-0.4, -0.2) is 18.5 Å².